The zero-order valence-electron chi connectivity index (χ0n) is 28.7. The lowest BCUT2D eigenvalue weighted by Gasteiger charge is -2.26. The van der Waals surface area contributed by atoms with Crippen LogP contribution in [0.4, 0.5) is 34.1 Å². The molecule has 1 unspecified atom stereocenters. The molecule has 2 heteroatoms. The Kier molecular flexibility index (Phi) is 9.99. The van der Waals surface area contributed by atoms with Crippen LogP contribution in [0.3, 0.4) is 0 Å². The van der Waals surface area contributed by atoms with Crippen molar-refractivity contribution in [2.45, 2.75) is 26.2 Å². The van der Waals surface area contributed by atoms with Gasteiger partial charge in [-0.05, 0) is 113 Å². The number of benzene rings is 7. The zero-order chi connectivity index (χ0) is 34.1. The predicted octanol–water partition coefficient (Wildman–Crippen LogP) is 14.0. The molecule has 7 aromatic rings. The quantitative estimate of drug-likeness (QED) is 0.129. The van der Waals surface area contributed by atoms with Crippen molar-refractivity contribution in [1.82, 2.24) is 0 Å². The molecule has 0 radical (unpaired) electrons. The lowest BCUT2D eigenvalue weighted by atomic mass is 9.97. The van der Waals surface area contributed by atoms with Crippen LogP contribution in [-0.4, -0.2) is 0 Å². The van der Waals surface area contributed by atoms with E-state index in [0.717, 1.165) is 40.5 Å². The lowest BCUT2D eigenvalue weighted by Crippen LogP contribution is -2.09. The Morgan fingerprint density at radius 3 is 1.02 bits per heavy atom. The molecule has 0 N–H and O–H groups in total. The molecule has 0 saturated carbocycles. The fourth-order valence-corrected chi connectivity index (χ4v) is 6.33. The van der Waals surface area contributed by atoms with E-state index in [2.05, 4.69) is 224 Å². The molecule has 0 aromatic heterocycles. The Balaban J connectivity index is 1.12. The highest BCUT2D eigenvalue weighted by Crippen LogP contribution is 2.38. The molecule has 244 valence electrons. The summed E-state index contributed by atoms with van der Waals surface area (Å²) in [7, 11) is 0. The average Bonchev–Trinajstić information content (AvgIpc) is 3.19. The number of nitrogens with zero attached hydrogens (tertiary/aromatic N) is 2. The second kappa shape index (κ2) is 15.4. The van der Waals surface area contributed by atoms with Crippen LogP contribution in [0.25, 0.3) is 23.3 Å². The zero-order valence-corrected chi connectivity index (χ0v) is 28.7. The van der Waals surface area contributed by atoms with Gasteiger partial charge in [0.2, 0.25) is 0 Å². The largest absolute Gasteiger partial charge is 0.311 e. The number of hydrogen-bond donors (Lipinski definition) is 0. The summed E-state index contributed by atoms with van der Waals surface area (Å²) in [6.45, 7) is 4.52. The van der Waals surface area contributed by atoms with Gasteiger partial charge in [-0.3, -0.25) is 0 Å². The lowest BCUT2D eigenvalue weighted by molar-refractivity contribution is 0.733. The highest BCUT2D eigenvalue weighted by Gasteiger charge is 2.14. The molecule has 0 fully saturated rings. The highest BCUT2D eigenvalue weighted by molar-refractivity contribution is 5.81. The number of anilines is 6. The monoisotopic (exact) mass is 646 g/mol. The van der Waals surface area contributed by atoms with Crippen LogP contribution in [0.15, 0.2) is 188 Å². The molecule has 50 heavy (non-hydrogen) atoms. The fraction of sp³-hybridized carbons (Fsp3) is 0.0833. The summed E-state index contributed by atoms with van der Waals surface area (Å²) in [4.78, 5) is 4.60. The van der Waals surface area contributed by atoms with Gasteiger partial charge in [-0.25, -0.2) is 0 Å². The van der Waals surface area contributed by atoms with Crippen molar-refractivity contribution in [3.63, 3.8) is 0 Å². The average molecular weight is 647 g/mol. The highest BCUT2D eigenvalue weighted by atomic mass is 15.1. The van der Waals surface area contributed by atoms with Gasteiger partial charge in [0, 0.05) is 34.1 Å². The molecule has 2 nitrogen and oxygen atoms in total. The first-order chi connectivity index (χ1) is 24.7. The van der Waals surface area contributed by atoms with E-state index in [1.165, 1.54) is 27.8 Å². The molecule has 7 rings (SSSR count). The second-order valence-corrected chi connectivity index (χ2v) is 12.7. The van der Waals surface area contributed by atoms with Crippen LogP contribution in [-0.2, 0) is 0 Å². The summed E-state index contributed by atoms with van der Waals surface area (Å²) in [6.07, 6.45) is 5.54. The third-order valence-electron chi connectivity index (χ3n) is 9.36. The normalized spacial score (nSPS) is 11.7. The molecule has 0 spiro atoms. The van der Waals surface area contributed by atoms with Gasteiger partial charge in [0.1, 0.15) is 0 Å². The van der Waals surface area contributed by atoms with Gasteiger partial charge in [0.15, 0.2) is 0 Å². The standard InChI is InChI=1S/C48H42N2/c1-3-37(2)40-25-21-38(22-26-40)19-20-39-23-31-46(32-24-39)50(45-17-11-6-12-18-45)48-35-29-42(30-36-48)41-27-33-47(34-28-41)49(43-13-7-4-8-14-43)44-15-9-5-10-16-44/h4-37H,3H2,1-2H3. The molecular weight excluding hydrogens is 605 g/mol. The third kappa shape index (κ3) is 7.46. The number of para-hydroxylation sites is 3. The Morgan fingerprint density at radius 2 is 0.680 bits per heavy atom. The van der Waals surface area contributed by atoms with Crippen molar-refractivity contribution in [3.8, 4) is 11.1 Å². The molecule has 0 saturated heterocycles. The molecule has 0 aliphatic heterocycles. The Labute approximate surface area is 297 Å². The predicted molar refractivity (Wildman–Crippen MR) is 215 cm³/mol. The van der Waals surface area contributed by atoms with E-state index in [0.29, 0.717) is 5.92 Å². The van der Waals surface area contributed by atoms with Crippen LogP contribution in [0.5, 0.6) is 0 Å². The Bertz CT molecular complexity index is 2060. The van der Waals surface area contributed by atoms with Gasteiger partial charge in [0.25, 0.3) is 0 Å². The van der Waals surface area contributed by atoms with Crippen molar-refractivity contribution in [3.05, 3.63) is 205 Å². The maximum Gasteiger partial charge on any atom is 0.0462 e. The minimum atomic E-state index is 0.590. The van der Waals surface area contributed by atoms with Crippen molar-refractivity contribution < 1.29 is 0 Å². The van der Waals surface area contributed by atoms with Crippen molar-refractivity contribution >= 4 is 46.3 Å². The maximum atomic E-state index is 2.31. The first-order valence-corrected chi connectivity index (χ1v) is 17.5. The van der Waals surface area contributed by atoms with Gasteiger partial charge in [-0.2, -0.15) is 0 Å². The summed E-state index contributed by atoms with van der Waals surface area (Å²) in [5.74, 6) is 0.590. The van der Waals surface area contributed by atoms with Crippen LogP contribution < -0.4 is 9.80 Å². The summed E-state index contributed by atoms with van der Waals surface area (Å²) in [5.41, 5.74) is 12.9. The Morgan fingerprint density at radius 1 is 0.380 bits per heavy atom. The van der Waals surface area contributed by atoms with Gasteiger partial charge in [0.05, 0.1) is 0 Å². The molecule has 0 aliphatic carbocycles. The molecule has 1 atom stereocenters. The number of rotatable bonds is 11. The van der Waals surface area contributed by atoms with Crippen LogP contribution in [0, 0.1) is 0 Å². The van der Waals surface area contributed by atoms with Crippen molar-refractivity contribution in [2.24, 2.45) is 0 Å². The Hall–Kier alpha value is -6.12. The third-order valence-corrected chi connectivity index (χ3v) is 9.36. The van der Waals surface area contributed by atoms with Crippen LogP contribution >= 0.6 is 0 Å². The smallest absolute Gasteiger partial charge is 0.0462 e. The molecule has 0 bridgehead atoms. The van der Waals surface area contributed by atoms with Gasteiger partial charge < -0.3 is 9.80 Å². The summed E-state index contributed by atoms with van der Waals surface area (Å²) < 4.78 is 0. The second-order valence-electron chi connectivity index (χ2n) is 12.7. The van der Waals surface area contributed by atoms with E-state index < -0.39 is 0 Å². The van der Waals surface area contributed by atoms with E-state index in [1.54, 1.807) is 0 Å². The molecule has 0 aliphatic rings. The van der Waals surface area contributed by atoms with Crippen LogP contribution in [0.2, 0.25) is 0 Å². The first-order valence-electron chi connectivity index (χ1n) is 17.5. The summed E-state index contributed by atoms with van der Waals surface area (Å²) in [6, 6.07) is 67.0. The first kappa shape index (κ1) is 32.4. The van der Waals surface area contributed by atoms with E-state index in [4.69, 9.17) is 0 Å². The summed E-state index contributed by atoms with van der Waals surface area (Å²) in [5, 5.41) is 0. The fourth-order valence-electron chi connectivity index (χ4n) is 6.33. The van der Waals surface area contributed by atoms with E-state index in [1.807, 2.05) is 0 Å². The molecular formula is C48H42N2. The van der Waals surface area contributed by atoms with Gasteiger partial charge in [-0.15, -0.1) is 0 Å². The SMILES string of the molecule is CCC(C)c1ccc(C=Cc2ccc(N(c3ccccc3)c3ccc(-c4ccc(N(c5ccccc5)c5ccccc5)cc4)cc3)cc2)cc1. The van der Waals surface area contributed by atoms with Crippen molar-refractivity contribution in [2.75, 3.05) is 9.80 Å². The van der Waals surface area contributed by atoms with Gasteiger partial charge >= 0.3 is 0 Å². The van der Waals surface area contributed by atoms with Gasteiger partial charge in [-0.1, -0.05) is 141 Å². The van der Waals surface area contributed by atoms with E-state index >= 15 is 0 Å². The molecule has 7 aromatic carbocycles. The maximum absolute atomic E-state index is 2.31. The van der Waals surface area contributed by atoms with Crippen LogP contribution in [0.1, 0.15) is 42.9 Å². The molecule has 0 amide bonds. The number of hydrogen-bond acceptors (Lipinski definition) is 2. The van der Waals surface area contributed by atoms with E-state index in [9.17, 15) is 0 Å². The minimum Gasteiger partial charge on any atom is -0.311 e. The van der Waals surface area contributed by atoms with E-state index in [-0.39, 0.29) is 0 Å². The summed E-state index contributed by atoms with van der Waals surface area (Å²) >= 11 is 0. The molecule has 0 heterocycles. The van der Waals surface area contributed by atoms with Crippen molar-refractivity contribution in [1.29, 1.82) is 0 Å². The minimum absolute atomic E-state index is 0.590. The topological polar surface area (TPSA) is 6.48 Å².